The number of carbonyl (C=O) groups is 1. The summed E-state index contributed by atoms with van der Waals surface area (Å²) in [6.07, 6.45) is -7.45. The van der Waals surface area contributed by atoms with Crippen LogP contribution in [0, 0.1) is 6.92 Å². The number of halogens is 6. The van der Waals surface area contributed by atoms with Gasteiger partial charge in [0.05, 0.1) is 16.7 Å². The molecule has 2 aromatic carbocycles. The molecule has 1 amide bonds. The zero-order chi connectivity index (χ0) is 30.8. The smallest absolute Gasteiger partial charge is 0.354 e. The number of hydrogen-bond donors (Lipinski definition) is 0. The Labute approximate surface area is 241 Å². The highest BCUT2D eigenvalue weighted by atomic mass is 19.4. The van der Waals surface area contributed by atoms with Gasteiger partial charge in [-0.05, 0) is 66.8 Å². The van der Waals surface area contributed by atoms with Gasteiger partial charge < -0.3 is 9.80 Å². The van der Waals surface area contributed by atoms with E-state index in [0.29, 0.717) is 29.6 Å². The molecule has 1 aromatic heterocycles. The first-order chi connectivity index (χ1) is 19.7. The molecule has 42 heavy (non-hydrogen) atoms. The molecule has 0 N–H and O–H groups in total. The lowest BCUT2D eigenvalue weighted by Crippen LogP contribution is -2.49. The Hall–Kier alpha value is -3.60. The predicted octanol–water partition coefficient (Wildman–Crippen LogP) is 7.29. The van der Waals surface area contributed by atoms with E-state index >= 15 is 0 Å². The van der Waals surface area contributed by atoms with E-state index in [-0.39, 0.29) is 17.2 Å². The van der Waals surface area contributed by atoms with Gasteiger partial charge in [-0.3, -0.25) is 9.69 Å². The molecule has 4 rings (SSSR count). The molecule has 3 aromatic rings. The van der Waals surface area contributed by atoms with Gasteiger partial charge in [0.15, 0.2) is 0 Å². The molecule has 0 bridgehead atoms. The van der Waals surface area contributed by atoms with E-state index in [4.69, 9.17) is 0 Å². The van der Waals surface area contributed by atoms with Crippen LogP contribution in [0.3, 0.4) is 0 Å². The molecule has 1 aliphatic heterocycles. The molecule has 1 atom stereocenters. The number of rotatable bonds is 7. The summed E-state index contributed by atoms with van der Waals surface area (Å²) in [5.41, 5.74) is -0.637. The third-order valence-corrected chi connectivity index (χ3v) is 7.82. The standard InChI is InChI=1S/C31H34F6N4O/c1-5-21(3)40-10-12-41(13-11-40)28-17-26(25-9-7-6-8-20(25)2)27(18-38-28)29(42)39(4)19-22-14-23(30(32,33)34)16-24(15-22)31(35,36)37/h6-9,14-18,21H,5,10-13,19H2,1-4H3. The molecular weight excluding hydrogens is 558 g/mol. The van der Waals surface area contributed by atoms with Crippen LogP contribution in [-0.2, 0) is 18.9 Å². The quantitative estimate of drug-likeness (QED) is 0.270. The number of hydrogen-bond acceptors (Lipinski definition) is 4. The van der Waals surface area contributed by atoms with Crippen LogP contribution in [0.5, 0.6) is 0 Å². The average molecular weight is 593 g/mol. The van der Waals surface area contributed by atoms with Gasteiger partial charge in [0, 0.05) is 52.0 Å². The number of alkyl halides is 6. The first-order valence-corrected chi connectivity index (χ1v) is 13.8. The van der Waals surface area contributed by atoms with Crippen molar-refractivity contribution in [3.8, 4) is 11.1 Å². The van der Waals surface area contributed by atoms with Crippen molar-refractivity contribution in [1.29, 1.82) is 0 Å². The molecule has 11 heteroatoms. The van der Waals surface area contributed by atoms with Crippen LogP contribution in [0.1, 0.15) is 52.9 Å². The van der Waals surface area contributed by atoms with Crippen molar-refractivity contribution in [2.45, 2.75) is 52.1 Å². The SMILES string of the molecule is CCC(C)N1CCN(c2cc(-c3ccccc3C)c(C(=O)N(C)Cc3cc(C(F)(F)F)cc(C(F)(F)F)c3)cn2)CC1. The van der Waals surface area contributed by atoms with Gasteiger partial charge in [-0.15, -0.1) is 0 Å². The number of carbonyl (C=O) groups excluding carboxylic acids is 1. The van der Waals surface area contributed by atoms with Crippen molar-refractivity contribution >= 4 is 11.7 Å². The molecule has 2 heterocycles. The molecular formula is C31H34F6N4O. The summed E-state index contributed by atoms with van der Waals surface area (Å²) >= 11 is 0. The maximum Gasteiger partial charge on any atom is 0.416 e. The van der Waals surface area contributed by atoms with E-state index in [0.717, 1.165) is 48.6 Å². The summed E-state index contributed by atoms with van der Waals surface area (Å²) in [5, 5.41) is 0. The van der Waals surface area contributed by atoms with E-state index in [1.807, 2.05) is 37.3 Å². The molecule has 1 aliphatic rings. The Morgan fingerprint density at radius 1 is 0.929 bits per heavy atom. The summed E-state index contributed by atoms with van der Waals surface area (Å²) in [6.45, 7) is 9.06. The van der Waals surface area contributed by atoms with Crippen molar-refractivity contribution in [2.75, 3.05) is 38.1 Å². The largest absolute Gasteiger partial charge is 0.416 e. The second-order valence-electron chi connectivity index (χ2n) is 10.8. The summed E-state index contributed by atoms with van der Waals surface area (Å²) in [4.78, 5) is 23.9. The number of aromatic nitrogens is 1. The number of amides is 1. The van der Waals surface area contributed by atoms with Crippen LogP contribution in [0.2, 0.25) is 0 Å². The second kappa shape index (κ2) is 12.3. The van der Waals surface area contributed by atoms with Crippen LogP contribution in [0.4, 0.5) is 32.2 Å². The van der Waals surface area contributed by atoms with Crippen LogP contribution in [0.15, 0.2) is 54.7 Å². The zero-order valence-electron chi connectivity index (χ0n) is 24.0. The van der Waals surface area contributed by atoms with Gasteiger partial charge in [-0.1, -0.05) is 31.2 Å². The van der Waals surface area contributed by atoms with Gasteiger partial charge in [0.25, 0.3) is 5.91 Å². The maximum absolute atomic E-state index is 13.7. The van der Waals surface area contributed by atoms with Crippen LogP contribution < -0.4 is 4.90 Å². The minimum absolute atomic E-state index is 0.0764. The fourth-order valence-corrected chi connectivity index (χ4v) is 5.20. The number of anilines is 1. The van der Waals surface area contributed by atoms with Gasteiger partial charge >= 0.3 is 12.4 Å². The number of benzene rings is 2. The number of piperazine rings is 1. The van der Waals surface area contributed by atoms with Gasteiger partial charge in [-0.25, -0.2) is 4.98 Å². The third kappa shape index (κ3) is 7.06. The van der Waals surface area contributed by atoms with E-state index in [1.54, 1.807) is 0 Å². The highest BCUT2D eigenvalue weighted by Gasteiger charge is 2.37. The number of aryl methyl sites for hydroxylation is 1. The van der Waals surface area contributed by atoms with Crippen molar-refractivity contribution in [3.63, 3.8) is 0 Å². The number of pyridine rings is 1. The Balaban J connectivity index is 1.67. The van der Waals surface area contributed by atoms with Crippen LogP contribution in [0.25, 0.3) is 11.1 Å². The Bertz CT molecular complexity index is 1380. The number of nitrogens with zero attached hydrogens (tertiary/aromatic N) is 4. The van der Waals surface area contributed by atoms with Gasteiger partial charge in [0.2, 0.25) is 0 Å². The van der Waals surface area contributed by atoms with Crippen molar-refractivity contribution in [2.24, 2.45) is 0 Å². The van der Waals surface area contributed by atoms with E-state index < -0.39 is 35.9 Å². The normalized spacial score (nSPS) is 15.5. The van der Waals surface area contributed by atoms with E-state index in [9.17, 15) is 31.1 Å². The Morgan fingerprint density at radius 2 is 1.52 bits per heavy atom. The van der Waals surface area contributed by atoms with Crippen LogP contribution >= 0.6 is 0 Å². The Kier molecular flexibility index (Phi) is 9.20. The van der Waals surface area contributed by atoms with Crippen molar-refractivity contribution in [3.05, 3.63) is 82.5 Å². The second-order valence-corrected chi connectivity index (χ2v) is 10.8. The predicted molar refractivity (Wildman–Crippen MR) is 150 cm³/mol. The molecule has 0 radical (unpaired) electrons. The summed E-state index contributed by atoms with van der Waals surface area (Å²) in [7, 11) is 1.35. The Morgan fingerprint density at radius 3 is 2.07 bits per heavy atom. The molecule has 0 spiro atoms. The van der Waals surface area contributed by atoms with E-state index in [1.165, 1.54) is 13.2 Å². The van der Waals surface area contributed by atoms with Crippen LogP contribution in [-0.4, -0.2) is 60.0 Å². The highest BCUT2D eigenvalue weighted by Crippen LogP contribution is 2.37. The minimum Gasteiger partial charge on any atom is -0.354 e. The zero-order valence-corrected chi connectivity index (χ0v) is 24.0. The molecule has 1 saturated heterocycles. The fraction of sp³-hybridized carbons (Fsp3) is 0.419. The summed E-state index contributed by atoms with van der Waals surface area (Å²) in [6, 6.07) is 11.2. The highest BCUT2D eigenvalue weighted by molar-refractivity contribution is 6.01. The van der Waals surface area contributed by atoms with Crippen molar-refractivity contribution < 1.29 is 31.1 Å². The fourth-order valence-electron chi connectivity index (χ4n) is 5.20. The summed E-state index contributed by atoms with van der Waals surface area (Å²) in [5.74, 6) is 0.129. The maximum atomic E-state index is 13.7. The molecule has 226 valence electrons. The lowest BCUT2D eigenvalue weighted by Gasteiger charge is -2.38. The topological polar surface area (TPSA) is 39.7 Å². The lowest BCUT2D eigenvalue weighted by atomic mass is 9.96. The molecule has 0 saturated carbocycles. The molecule has 1 unspecified atom stereocenters. The van der Waals surface area contributed by atoms with Gasteiger partial charge in [0.1, 0.15) is 5.82 Å². The third-order valence-electron chi connectivity index (χ3n) is 7.82. The molecule has 5 nitrogen and oxygen atoms in total. The monoisotopic (exact) mass is 592 g/mol. The first-order valence-electron chi connectivity index (χ1n) is 13.8. The van der Waals surface area contributed by atoms with E-state index in [2.05, 4.69) is 28.6 Å². The van der Waals surface area contributed by atoms with Gasteiger partial charge in [-0.2, -0.15) is 26.3 Å². The molecule has 1 fully saturated rings. The summed E-state index contributed by atoms with van der Waals surface area (Å²) < 4.78 is 80.3. The minimum atomic E-state index is -4.98. The average Bonchev–Trinajstić information content (AvgIpc) is 2.95. The lowest BCUT2D eigenvalue weighted by molar-refractivity contribution is -0.143. The molecule has 0 aliphatic carbocycles. The van der Waals surface area contributed by atoms with Crippen molar-refractivity contribution in [1.82, 2.24) is 14.8 Å². The first kappa shape index (κ1) is 31.3.